The van der Waals surface area contributed by atoms with Gasteiger partial charge in [-0.1, -0.05) is 0 Å². The molecule has 1 aliphatic heterocycles. The number of carbonyl (C=O) groups excluding carboxylic acids is 1. The molecule has 3 rings (SSSR count). The van der Waals surface area contributed by atoms with Crippen LogP contribution in [0.1, 0.15) is 28.3 Å². The molecule has 0 saturated carbocycles. The predicted molar refractivity (Wildman–Crippen MR) is 70.0 cm³/mol. The Morgan fingerprint density at radius 3 is 2.95 bits per heavy atom. The second-order valence-corrected chi connectivity index (χ2v) is 5.27. The summed E-state index contributed by atoms with van der Waals surface area (Å²) in [6.45, 7) is 0.503. The van der Waals surface area contributed by atoms with Crippen LogP contribution in [-0.2, 0) is 26.2 Å². The van der Waals surface area contributed by atoms with E-state index in [9.17, 15) is 18.0 Å². The van der Waals surface area contributed by atoms with Crippen LogP contribution in [-0.4, -0.2) is 31.3 Å². The Bertz CT molecular complexity index is 703. The van der Waals surface area contributed by atoms with Gasteiger partial charge >= 0.3 is 6.18 Å². The summed E-state index contributed by atoms with van der Waals surface area (Å²) in [6.07, 6.45) is 1.21. The van der Waals surface area contributed by atoms with Crippen molar-refractivity contribution in [1.82, 2.24) is 24.6 Å². The van der Waals surface area contributed by atoms with Crippen molar-refractivity contribution in [2.24, 2.45) is 7.05 Å². The largest absolute Gasteiger partial charge is 0.435 e. The molecule has 22 heavy (non-hydrogen) atoms. The molecule has 0 aliphatic carbocycles. The lowest BCUT2D eigenvalue weighted by Crippen LogP contribution is -2.41. The molecule has 1 amide bonds. The summed E-state index contributed by atoms with van der Waals surface area (Å²) in [5, 5.41) is 5.99. The Kier molecular flexibility index (Phi) is 3.42. The van der Waals surface area contributed by atoms with E-state index in [1.165, 1.54) is 7.05 Å². The lowest BCUT2D eigenvalue weighted by molar-refractivity contribution is -0.141. The highest BCUT2D eigenvalue weighted by Gasteiger charge is 2.39. The van der Waals surface area contributed by atoms with E-state index >= 15 is 0 Å². The number of nitrogens with zero attached hydrogens (tertiary/aromatic N) is 4. The molecule has 2 aromatic heterocycles. The number of alkyl halides is 3. The van der Waals surface area contributed by atoms with Gasteiger partial charge in [0.05, 0.1) is 5.56 Å². The molecule has 0 spiro atoms. The van der Waals surface area contributed by atoms with Crippen molar-refractivity contribution < 1.29 is 18.0 Å². The number of hydrogen-bond donors (Lipinski definition) is 1. The summed E-state index contributed by atoms with van der Waals surface area (Å²) in [6, 6.07) is -0.226. The average molecular weight is 313 g/mol. The van der Waals surface area contributed by atoms with Crippen LogP contribution < -0.4 is 5.32 Å². The van der Waals surface area contributed by atoms with E-state index in [-0.39, 0.29) is 6.04 Å². The molecule has 1 atom stereocenters. The standard InChI is InChI=1S/C13H14F3N5O/c1-20-7-9(11(19-20)13(14,15)16)12(22)18-8-2-3-10-17-4-5-21(10)6-8/h4-5,7-8H,2-3,6H2,1H3,(H,18,22)/t8-/m1/s1. The zero-order valence-electron chi connectivity index (χ0n) is 11.8. The molecular formula is C13H14F3N5O. The highest BCUT2D eigenvalue weighted by Crippen LogP contribution is 2.30. The van der Waals surface area contributed by atoms with Crippen molar-refractivity contribution >= 4 is 5.91 Å². The molecule has 0 fully saturated rings. The van der Waals surface area contributed by atoms with Crippen LogP contribution >= 0.6 is 0 Å². The van der Waals surface area contributed by atoms with Crippen LogP contribution in [0, 0.1) is 0 Å². The van der Waals surface area contributed by atoms with Gasteiger partial charge in [-0.2, -0.15) is 18.3 Å². The Balaban J connectivity index is 1.76. The molecule has 0 bridgehead atoms. The molecule has 0 radical (unpaired) electrons. The molecule has 2 aromatic rings. The monoisotopic (exact) mass is 313 g/mol. The number of carbonyl (C=O) groups is 1. The summed E-state index contributed by atoms with van der Waals surface area (Å²) in [5.74, 6) is 0.164. The van der Waals surface area contributed by atoms with Gasteiger partial charge in [0.15, 0.2) is 5.69 Å². The van der Waals surface area contributed by atoms with E-state index in [0.29, 0.717) is 19.4 Å². The van der Waals surface area contributed by atoms with Crippen molar-refractivity contribution in [2.75, 3.05) is 0 Å². The predicted octanol–water partition coefficient (Wildman–Crippen LogP) is 1.38. The highest BCUT2D eigenvalue weighted by molar-refractivity contribution is 5.95. The molecule has 9 heteroatoms. The summed E-state index contributed by atoms with van der Waals surface area (Å²) >= 11 is 0. The van der Waals surface area contributed by atoms with Gasteiger partial charge < -0.3 is 9.88 Å². The Labute approximate surface area is 123 Å². The molecule has 3 heterocycles. The minimum atomic E-state index is -4.65. The van der Waals surface area contributed by atoms with Crippen LogP contribution in [0.2, 0.25) is 0 Å². The van der Waals surface area contributed by atoms with Crippen molar-refractivity contribution in [2.45, 2.75) is 31.6 Å². The Morgan fingerprint density at radius 1 is 1.45 bits per heavy atom. The normalized spacial score (nSPS) is 18.1. The van der Waals surface area contributed by atoms with E-state index in [0.717, 1.165) is 16.7 Å². The van der Waals surface area contributed by atoms with E-state index < -0.39 is 23.3 Å². The third-order valence-corrected chi connectivity index (χ3v) is 3.61. The van der Waals surface area contributed by atoms with Gasteiger partial charge in [-0.05, 0) is 6.42 Å². The second-order valence-electron chi connectivity index (χ2n) is 5.27. The first kappa shape index (κ1) is 14.6. The van der Waals surface area contributed by atoms with E-state index in [1.54, 1.807) is 12.4 Å². The molecule has 1 aliphatic rings. The maximum Gasteiger partial charge on any atom is 0.435 e. The van der Waals surface area contributed by atoms with Crippen LogP contribution in [0.3, 0.4) is 0 Å². The quantitative estimate of drug-likeness (QED) is 0.911. The van der Waals surface area contributed by atoms with Crippen LogP contribution in [0.5, 0.6) is 0 Å². The molecule has 118 valence electrons. The van der Waals surface area contributed by atoms with Gasteiger partial charge in [0.2, 0.25) is 0 Å². The Hall–Kier alpha value is -2.32. The van der Waals surface area contributed by atoms with E-state index in [1.807, 2.05) is 4.57 Å². The fourth-order valence-electron chi connectivity index (χ4n) is 2.61. The highest BCUT2D eigenvalue weighted by atomic mass is 19.4. The van der Waals surface area contributed by atoms with Gasteiger partial charge in [0, 0.05) is 44.6 Å². The van der Waals surface area contributed by atoms with Crippen molar-refractivity contribution in [3.8, 4) is 0 Å². The number of imidazole rings is 1. The molecule has 6 nitrogen and oxygen atoms in total. The lowest BCUT2D eigenvalue weighted by Gasteiger charge is -2.24. The summed E-state index contributed by atoms with van der Waals surface area (Å²) < 4.78 is 41.5. The van der Waals surface area contributed by atoms with E-state index in [2.05, 4.69) is 15.4 Å². The molecule has 0 unspecified atom stereocenters. The number of aryl methyl sites for hydroxylation is 2. The molecule has 0 saturated heterocycles. The minimum absolute atomic E-state index is 0.226. The summed E-state index contributed by atoms with van der Waals surface area (Å²) in [5.41, 5.74) is -1.61. The van der Waals surface area contributed by atoms with Gasteiger partial charge in [-0.25, -0.2) is 4.98 Å². The van der Waals surface area contributed by atoms with Crippen LogP contribution in [0.25, 0.3) is 0 Å². The smallest absolute Gasteiger partial charge is 0.347 e. The minimum Gasteiger partial charge on any atom is -0.347 e. The van der Waals surface area contributed by atoms with E-state index in [4.69, 9.17) is 0 Å². The number of fused-ring (bicyclic) bond motifs is 1. The van der Waals surface area contributed by atoms with Crippen molar-refractivity contribution in [1.29, 1.82) is 0 Å². The number of nitrogens with one attached hydrogen (secondary N) is 1. The Morgan fingerprint density at radius 2 is 2.23 bits per heavy atom. The lowest BCUT2D eigenvalue weighted by atomic mass is 10.1. The number of aromatic nitrogens is 4. The van der Waals surface area contributed by atoms with Crippen LogP contribution in [0.4, 0.5) is 13.2 Å². The third kappa shape index (κ3) is 2.70. The first-order chi connectivity index (χ1) is 10.3. The number of rotatable bonds is 2. The molecule has 0 aromatic carbocycles. The molecular weight excluding hydrogens is 299 g/mol. The van der Waals surface area contributed by atoms with Gasteiger partial charge in [-0.15, -0.1) is 0 Å². The first-order valence-electron chi connectivity index (χ1n) is 6.76. The summed E-state index contributed by atoms with van der Waals surface area (Å²) in [7, 11) is 1.35. The second kappa shape index (κ2) is 5.15. The van der Waals surface area contributed by atoms with Gasteiger partial charge in [0.25, 0.3) is 5.91 Å². The van der Waals surface area contributed by atoms with Crippen LogP contribution in [0.15, 0.2) is 18.6 Å². The first-order valence-corrected chi connectivity index (χ1v) is 6.76. The number of amides is 1. The van der Waals surface area contributed by atoms with Gasteiger partial charge in [0.1, 0.15) is 5.82 Å². The third-order valence-electron chi connectivity index (χ3n) is 3.61. The fourth-order valence-corrected chi connectivity index (χ4v) is 2.61. The zero-order valence-corrected chi connectivity index (χ0v) is 11.8. The zero-order chi connectivity index (χ0) is 15.9. The average Bonchev–Trinajstić information content (AvgIpc) is 3.03. The SMILES string of the molecule is Cn1cc(C(=O)N[C@@H]2CCc3nccn3C2)c(C(F)(F)F)n1. The maximum absolute atomic E-state index is 12.9. The number of halogens is 3. The number of hydrogen-bond acceptors (Lipinski definition) is 3. The van der Waals surface area contributed by atoms with Gasteiger partial charge in [-0.3, -0.25) is 9.48 Å². The topological polar surface area (TPSA) is 64.7 Å². The fraction of sp³-hybridized carbons (Fsp3) is 0.462. The van der Waals surface area contributed by atoms with Crippen molar-refractivity contribution in [3.63, 3.8) is 0 Å². The van der Waals surface area contributed by atoms with Crippen molar-refractivity contribution in [3.05, 3.63) is 35.7 Å². The molecule has 1 N–H and O–H groups in total. The summed E-state index contributed by atoms with van der Waals surface area (Å²) in [4.78, 5) is 16.3. The maximum atomic E-state index is 12.9.